The second-order valence-electron chi connectivity index (χ2n) is 19.4. The molecule has 0 fully saturated rings. The standard InChI is InChI=1S/C54H85Cl/c1-40(2)19-13-21-42(5)23-15-25-44(7)27-17-29-46(9)33-36-51-49-31-11-12-32-50(49)52(54-39-48(55)35-38-53(51)54)37-34-47(10)30-18-28-45(8)26-16-24-43(6)22-14-20-41(3)4/h11-12,31-35,38-45H,13-30,36-37H2,1-10H3/b46-33+,47-34+. The second-order valence-corrected chi connectivity index (χ2v) is 19.9. The smallest absolute Gasteiger partial charge is 0.0412 e. The minimum absolute atomic E-state index is 0.826. The van der Waals surface area contributed by atoms with Gasteiger partial charge in [-0.15, -0.1) is 0 Å². The van der Waals surface area contributed by atoms with Crippen molar-refractivity contribution < 1.29 is 0 Å². The van der Waals surface area contributed by atoms with Crippen molar-refractivity contribution in [3.8, 4) is 0 Å². The van der Waals surface area contributed by atoms with Gasteiger partial charge in [0, 0.05) is 5.02 Å². The van der Waals surface area contributed by atoms with E-state index in [2.05, 4.69) is 124 Å². The molecule has 0 saturated heterocycles. The molecule has 0 radical (unpaired) electrons. The zero-order chi connectivity index (χ0) is 40.2. The average molecular weight is 770 g/mol. The SMILES string of the molecule is C/C(=C\Cc1c2ccccc2c(C/C=C(\C)CCCC(C)CCCC(C)CCCC(C)C)c2cc(Cl)ccc12)CCCC(C)CCCC(C)CCCC(C)C. The zero-order valence-corrected chi connectivity index (χ0v) is 38.4. The third kappa shape index (κ3) is 18.4. The van der Waals surface area contributed by atoms with Gasteiger partial charge in [-0.3, -0.25) is 0 Å². The van der Waals surface area contributed by atoms with Gasteiger partial charge >= 0.3 is 0 Å². The van der Waals surface area contributed by atoms with E-state index < -0.39 is 0 Å². The minimum atomic E-state index is 0.826. The van der Waals surface area contributed by atoms with Crippen molar-refractivity contribution in [2.45, 2.75) is 198 Å². The first-order chi connectivity index (χ1) is 26.3. The summed E-state index contributed by atoms with van der Waals surface area (Å²) in [4.78, 5) is 0. The summed E-state index contributed by atoms with van der Waals surface area (Å²) in [5.74, 6) is 5.11. The molecule has 0 amide bonds. The minimum Gasteiger partial charge on any atom is -0.0843 e. The predicted octanol–water partition coefficient (Wildman–Crippen LogP) is 18.5. The number of allylic oxidation sites excluding steroid dienone is 4. The lowest BCUT2D eigenvalue weighted by Crippen LogP contribution is -2.00. The fourth-order valence-electron chi connectivity index (χ4n) is 8.94. The monoisotopic (exact) mass is 769 g/mol. The number of hydrogen-bond acceptors (Lipinski definition) is 0. The molecule has 0 aliphatic rings. The Balaban J connectivity index is 1.55. The van der Waals surface area contributed by atoms with Crippen LogP contribution >= 0.6 is 11.6 Å². The first-order valence-corrected chi connectivity index (χ1v) is 23.6. The highest BCUT2D eigenvalue weighted by Crippen LogP contribution is 2.36. The molecular weight excluding hydrogens is 684 g/mol. The molecule has 55 heavy (non-hydrogen) atoms. The van der Waals surface area contributed by atoms with Gasteiger partial charge in [0.1, 0.15) is 0 Å². The highest BCUT2D eigenvalue weighted by Gasteiger charge is 2.14. The molecule has 0 aliphatic heterocycles. The fraction of sp³-hybridized carbons (Fsp3) is 0.667. The quantitative estimate of drug-likeness (QED) is 0.0510. The third-order valence-corrected chi connectivity index (χ3v) is 13.0. The lowest BCUT2D eigenvalue weighted by molar-refractivity contribution is 0.389. The van der Waals surface area contributed by atoms with Crippen molar-refractivity contribution in [1.29, 1.82) is 0 Å². The molecule has 0 aromatic heterocycles. The van der Waals surface area contributed by atoms with Crippen LogP contribution in [0.3, 0.4) is 0 Å². The molecule has 1 heteroatoms. The van der Waals surface area contributed by atoms with Gasteiger partial charge in [-0.2, -0.15) is 0 Å². The van der Waals surface area contributed by atoms with Crippen LogP contribution in [0.2, 0.25) is 5.02 Å². The molecule has 0 heterocycles. The summed E-state index contributed by atoms with van der Waals surface area (Å²) in [6.45, 7) is 24.0. The number of halogens is 1. The maximum absolute atomic E-state index is 6.70. The molecule has 0 bridgehead atoms. The van der Waals surface area contributed by atoms with Crippen molar-refractivity contribution in [2.24, 2.45) is 35.5 Å². The maximum Gasteiger partial charge on any atom is 0.0412 e. The molecule has 4 unspecified atom stereocenters. The molecule has 0 aliphatic carbocycles. The van der Waals surface area contributed by atoms with Crippen LogP contribution in [0.5, 0.6) is 0 Å². The van der Waals surface area contributed by atoms with Gasteiger partial charge in [0.15, 0.2) is 0 Å². The normalized spacial score (nSPS) is 15.1. The lowest BCUT2D eigenvalue weighted by atomic mass is 9.88. The topological polar surface area (TPSA) is 0 Å². The summed E-state index contributed by atoms with van der Waals surface area (Å²) in [5.41, 5.74) is 5.92. The Hall–Kier alpha value is -2.05. The van der Waals surface area contributed by atoms with E-state index in [9.17, 15) is 0 Å². The van der Waals surface area contributed by atoms with Gasteiger partial charge in [-0.05, 0) is 133 Å². The predicted molar refractivity (Wildman–Crippen MR) is 251 cm³/mol. The summed E-state index contributed by atoms with van der Waals surface area (Å²) in [6.07, 6.45) is 31.4. The van der Waals surface area contributed by atoms with Crippen LogP contribution in [0.25, 0.3) is 21.5 Å². The molecule has 0 nitrogen and oxygen atoms in total. The molecule has 0 spiro atoms. The second kappa shape index (κ2) is 26.1. The van der Waals surface area contributed by atoms with E-state index in [4.69, 9.17) is 11.6 Å². The Labute approximate surface area is 346 Å². The molecule has 308 valence electrons. The van der Waals surface area contributed by atoms with Crippen LogP contribution in [-0.2, 0) is 12.8 Å². The first-order valence-electron chi connectivity index (χ1n) is 23.3. The number of fused-ring (bicyclic) bond motifs is 2. The van der Waals surface area contributed by atoms with Gasteiger partial charge in [-0.25, -0.2) is 0 Å². The van der Waals surface area contributed by atoms with Crippen molar-refractivity contribution in [1.82, 2.24) is 0 Å². The van der Waals surface area contributed by atoms with Gasteiger partial charge < -0.3 is 0 Å². The molecular formula is C54H85Cl. The Morgan fingerprint density at radius 1 is 0.455 bits per heavy atom. The molecule has 3 rings (SSSR count). The van der Waals surface area contributed by atoms with Crippen molar-refractivity contribution in [2.75, 3.05) is 0 Å². The van der Waals surface area contributed by atoms with E-state index in [0.717, 1.165) is 53.4 Å². The van der Waals surface area contributed by atoms with Crippen LogP contribution in [-0.4, -0.2) is 0 Å². The Morgan fingerprint density at radius 3 is 1.20 bits per heavy atom. The molecule has 3 aromatic carbocycles. The Kier molecular flexibility index (Phi) is 22.4. The zero-order valence-electron chi connectivity index (χ0n) is 37.7. The maximum atomic E-state index is 6.70. The van der Waals surface area contributed by atoms with Crippen LogP contribution in [0.1, 0.15) is 196 Å². The summed E-state index contributed by atoms with van der Waals surface area (Å²) in [5, 5.41) is 6.31. The number of benzene rings is 3. The van der Waals surface area contributed by atoms with E-state index in [1.54, 1.807) is 0 Å². The van der Waals surface area contributed by atoms with Crippen molar-refractivity contribution in [3.05, 3.63) is 81.9 Å². The first kappa shape index (κ1) is 47.3. The van der Waals surface area contributed by atoms with E-state index in [0.29, 0.717) is 0 Å². The molecule has 4 atom stereocenters. The van der Waals surface area contributed by atoms with E-state index in [1.807, 2.05) is 0 Å². The fourth-order valence-corrected chi connectivity index (χ4v) is 9.11. The molecule has 0 saturated carbocycles. The van der Waals surface area contributed by atoms with Gasteiger partial charge in [0.2, 0.25) is 0 Å². The summed E-state index contributed by atoms with van der Waals surface area (Å²) >= 11 is 6.70. The lowest BCUT2D eigenvalue weighted by Gasteiger charge is -2.17. The summed E-state index contributed by atoms with van der Waals surface area (Å²) in [6, 6.07) is 15.7. The summed E-state index contributed by atoms with van der Waals surface area (Å²) in [7, 11) is 0. The highest BCUT2D eigenvalue weighted by atomic mass is 35.5. The van der Waals surface area contributed by atoms with Crippen LogP contribution in [0, 0.1) is 35.5 Å². The summed E-state index contributed by atoms with van der Waals surface area (Å²) < 4.78 is 0. The van der Waals surface area contributed by atoms with Crippen LogP contribution in [0.4, 0.5) is 0 Å². The Bertz CT molecular complexity index is 1570. The van der Waals surface area contributed by atoms with Crippen LogP contribution in [0.15, 0.2) is 65.8 Å². The van der Waals surface area contributed by atoms with E-state index in [1.165, 1.54) is 159 Å². The van der Waals surface area contributed by atoms with E-state index >= 15 is 0 Å². The van der Waals surface area contributed by atoms with Crippen molar-refractivity contribution in [3.63, 3.8) is 0 Å². The van der Waals surface area contributed by atoms with Gasteiger partial charge in [0.05, 0.1) is 0 Å². The molecule has 3 aromatic rings. The number of rotatable bonds is 28. The highest BCUT2D eigenvalue weighted by molar-refractivity contribution is 6.31. The van der Waals surface area contributed by atoms with Crippen LogP contribution < -0.4 is 0 Å². The Morgan fingerprint density at radius 2 is 0.800 bits per heavy atom. The van der Waals surface area contributed by atoms with E-state index in [-0.39, 0.29) is 0 Å². The largest absolute Gasteiger partial charge is 0.0843 e. The van der Waals surface area contributed by atoms with Crippen molar-refractivity contribution >= 4 is 33.1 Å². The molecule has 0 N–H and O–H groups in total. The number of hydrogen-bond donors (Lipinski definition) is 0. The third-order valence-electron chi connectivity index (χ3n) is 12.8. The van der Waals surface area contributed by atoms with Gasteiger partial charge in [-0.1, -0.05) is 211 Å². The average Bonchev–Trinajstić information content (AvgIpc) is 3.12. The van der Waals surface area contributed by atoms with Gasteiger partial charge in [0.25, 0.3) is 0 Å².